The summed E-state index contributed by atoms with van der Waals surface area (Å²) in [6.45, 7) is 0.106. The predicted molar refractivity (Wildman–Crippen MR) is 130 cm³/mol. The van der Waals surface area contributed by atoms with Gasteiger partial charge in [0.2, 0.25) is 0 Å². The number of hydrogen-bond acceptors (Lipinski definition) is 4. The molecule has 33 heavy (non-hydrogen) atoms. The highest BCUT2D eigenvalue weighted by Crippen LogP contribution is 2.27. The van der Waals surface area contributed by atoms with E-state index in [0.29, 0.717) is 11.5 Å². The highest BCUT2D eigenvalue weighted by molar-refractivity contribution is 9.10. The molecule has 0 radical (unpaired) electrons. The Morgan fingerprint density at radius 3 is 2.48 bits per heavy atom. The van der Waals surface area contributed by atoms with Crippen LogP contribution in [0.15, 0.2) is 94.5 Å². The highest BCUT2D eigenvalue weighted by atomic mass is 79.9. The lowest BCUT2D eigenvalue weighted by Crippen LogP contribution is -2.24. The van der Waals surface area contributed by atoms with Gasteiger partial charge in [-0.2, -0.15) is 5.10 Å². The molecule has 0 aromatic heterocycles. The maximum Gasteiger partial charge on any atom is 0.277 e. The first-order chi connectivity index (χ1) is 16.1. The van der Waals surface area contributed by atoms with Gasteiger partial charge in [0.15, 0.2) is 6.61 Å². The van der Waals surface area contributed by atoms with Crippen LogP contribution in [-0.2, 0) is 11.4 Å². The van der Waals surface area contributed by atoms with E-state index in [2.05, 4.69) is 26.5 Å². The van der Waals surface area contributed by atoms with Gasteiger partial charge in [0, 0.05) is 10.0 Å². The Bertz CT molecular complexity index is 1280. The standard InChI is InChI=1S/C26H20BrFN2O3/c27-20-8-12-22(13-9-20)32-17-26(31)30-29-15-24-23-4-2-1-3-19(23)7-14-25(24)33-16-18-5-10-21(28)11-6-18/h1-15H,16-17H2,(H,30,31)/b29-15+. The molecule has 5 nitrogen and oxygen atoms in total. The van der Waals surface area contributed by atoms with Crippen molar-refractivity contribution in [3.8, 4) is 11.5 Å². The molecule has 0 atom stereocenters. The third kappa shape index (κ3) is 6.17. The fraction of sp³-hybridized carbons (Fsp3) is 0.0769. The first kappa shape index (κ1) is 22.5. The SMILES string of the molecule is O=C(COc1ccc(Br)cc1)N/N=C/c1c(OCc2ccc(F)cc2)ccc2ccccc12. The van der Waals surface area contributed by atoms with Crippen LogP contribution in [0.3, 0.4) is 0 Å². The van der Waals surface area contributed by atoms with Crippen molar-refractivity contribution < 1.29 is 18.7 Å². The number of amides is 1. The topological polar surface area (TPSA) is 59.9 Å². The Labute approximate surface area is 199 Å². The van der Waals surface area contributed by atoms with E-state index in [-0.39, 0.29) is 24.9 Å². The van der Waals surface area contributed by atoms with Gasteiger partial charge in [-0.05, 0) is 58.8 Å². The number of benzene rings is 4. The summed E-state index contributed by atoms with van der Waals surface area (Å²) in [4.78, 5) is 12.1. The second-order valence-electron chi connectivity index (χ2n) is 7.15. The van der Waals surface area contributed by atoms with Crippen molar-refractivity contribution in [2.24, 2.45) is 5.10 Å². The number of halogens is 2. The Hall–Kier alpha value is -3.71. The van der Waals surface area contributed by atoms with E-state index < -0.39 is 0 Å². The molecule has 1 amide bonds. The lowest BCUT2D eigenvalue weighted by molar-refractivity contribution is -0.123. The lowest BCUT2D eigenvalue weighted by Gasteiger charge is -2.12. The molecule has 7 heteroatoms. The number of hydrogen-bond donors (Lipinski definition) is 1. The van der Waals surface area contributed by atoms with E-state index in [1.807, 2.05) is 48.5 Å². The molecule has 1 N–H and O–H groups in total. The zero-order valence-electron chi connectivity index (χ0n) is 17.5. The number of fused-ring (bicyclic) bond motifs is 1. The van der Waals surface area contributed by atoms with E-state index in [4.69, 9.17) is 9.47 Å². The summed E-state index contributed by atoms with van der Waals surface area (Å²) in [7, 11) is 0. The second-order valence-corrected chi connectivity index (χ2v) is 8.07. The molecular formula is C26H20BrFN2O3. The molecule has 166 valence electrons. The molecule has 0 heterocycles. The Kier molecular flexibility index (Phi) is 7.32. The smallest absolute Gasteiger partial charge is 0.277 e. The van der Waals surface area contributed by atoms with Gasteiger partial charge in [-0.1, -0.05) is 58.4 Å². The fourth-order valence-electron chi connectivity index (χ4n) is 3.16. The van der Waals surface area contributed by atoms with Crippen LogP contribution in [0.25, 0.3) is 10.8 Å². The molecule has 0 aliphatic carbocycles. The average Bonchev–Trinajstić information content (AvgIpc) is 2.84. The molecule has 0 bridgehead atoms. The quantitative estimate of drug-likeness (QED) is 0.241. The van der Waals surface area contributed by atoms with Crippen molar-refractivity contribution in [3.63, 3.8) is 0 Å². The van der Waals surface area contributed by atoms with Crippen LogP contribution in [-0.4, -0.2) is 18.7 Å². The van der Waals surface area contributed by atoms with Gasteiger partial charge >= 0.3 is 0 Å². The summed E-state index contributed by atoms with van der Waals surface area (Å²) in [5.41, 5.74) is 4.05. The minimum atomic E-state index is -0.386. The number of carbonyl (C=O) groups excluding carboxylic acids is 1. The van der Waals surface area contributed by atoms with Crippen LogP contribution in [0.2, 0.25) is 0 Å². The van der Waals surface area contributed by atoms with Crippen LogP contribution >= 0.6 is 15.9 Å². The molecule has 4 aromatic rings. The van der Waals surface area contributed by atoms with Gasteiger partial charge in [0.1, 0.15) is 23.9 Å². The van der Waals surface area contributed by atoms with Gasteiger partial charge in [0.05, 0.1) is 6.21 Å². The summed E-state index contributed by atoms with van der Waals surface area (Å²) >= 11 is 3.35. The van der Waals surface area contributed by atoms with Crippen LogP contribution in [0, 0.1) is 5.82 Å². The van der Waals surface area contributed by atoms with Crippen molar-refractivity contribution in [1.82, 2.24) is 5.43 Å². The van der Waals surface area contributed by atoms with Gasteiger partial charge in [-0.3, -0.25) is 4.79 Å². The lowest BCUT2D eigenvalue weighted by atomic mass is 10.0. The average molecular weight is 507 g/mol. The summed E-state index contributed by atoms with van der Waals surface area (Å²) < 4.78 is 25.5. The van der Waals surface area contributed by atoms with E-state index in [0.717, 1.165) is 26.4 Å². The summed E-state index contributed by atoms with van der Waals surface area (Å²) in [6, 6.07) is 25.0. The van der Waals surface area contributed by atoms with E-state index in [9.17, 15) is 9.18 Å². The summed E-state index contributed by atoms with van der Waals surface area (Å²) in [5.74, 6) is 0.505. The van der Waals surface area contributed by atoms with Gasteiger partial charge < -0.3 is 9.47 Å². The Morgan fingerprint density at radius 1 is 0.939 bits per heavy atom. The molecule has 0 spiro atoms. The van der Waals surface area contributed by atoms with Crippen molar-refractivity contribution in [2.75, 3.05) is 6.61 Å². The zero-order chi connectivity index (χ0) is 23.0. The summed E-state index contributed by atoms with van der Waals surface area (Å²) in [5, 5.41) is 6.04. The minimum absolute atomic E-state index is 0.164. The maximum atomic E-state index is 13.2. The molecule has 4 rings (SSSR count). The van der Waals surface area contributed by atoms with Crippen LogP contribution < -0.4 is 14.9 Å². The number of nitrogens with zero attached hydrogens (tertiary/aromatic N) is 1. The van der Waals surface area contributed by atoms with Crippen molar-refractivity contribution in [2.45, 2.75) is 6.61 Å². The molecule has 0 fully saturated rings. The molecule has 0 unspecified atom stereocenters. The van der Waals surface area contributed by atoms with E-state index in [1.165, 1.54) is 12.1 Å². The molecule has 0 saturated heterocycles. The third-order valence-electron chi connectivity index (χ3n) is 4.80. The highest BCUT2D eigenvalue weighted by Gasteiger charge is 2.09. The molecule has 0 saturated carbocycles. The number of rotatable bonds is 8. The van der Waals surface area contributed by atoms with E-state index in [1.54, 1.807) is 30.5 Å². The number of hydrazone groups is 1. The molecule has 0 aliphatic heterocycles. The van der Waals surface area contributed by atoms with E-state index >= 15 is 0 Å². The number of nitrogens with one attached hydrogen (secondary N) is 1. The van der Waals surface area contributed by atoms with Crippen molar-refractivity contribution >= 4 is 38.8 Å². The zero-order valence-corrected chi connectivity index (χ0v) is 19.1. The first-order valence-corrected chi connectivity index (χ1v) is 11.0. The number of ether oxygens (including phenoxy) is 2. The van der Waals surface area contributed by atoms with Gasteiger partial charge in [-0.25, -0.2) is 9.82 Å². The maximum absolute atomic E-state index is 13.2. The number of carbonyl (C=O) groups is 1. The summed E-state index contributed by atoms with van der Waals surface area (Å²) in [6.07, 6.45) is 1.56. The fourth-order valence-corrected chi connectivity index (χ4v) is 3.42. The normalized spacial score (nSPS) is 11.0. The molecular weight excluding hydrogens is 487 g/mol. The first-order valence-electron chi connectivity index (χ1n) is 10.2. The second kappa shape index (κ2) is 10.7. The molecule has 0 aliphatic rings. The third-order valence-corrected chi connectivity index (χ3v) is 5.33. The largest absolute Gasteiger partial charge is 0.488 e. The monoisotopic (exact) mass is 506 g/mol. The molecule has 4 aromatic carbocycles. The van der Waals surface area contributed by atoms with Gasteiger partial charge in [0.25, 0.3) is 5.91 Å². The predicted octanol–water partition coefficient (Wildman–Crippen LogP) is 5.85. The van der Waals surface area contributed by atoms with Crippen LogP contribution in [0.5, 0.6) is 11.5 Å². The Morgan fingerprint density at radius 2 is 1.70 bits per heavy atom. The van der Waals surface area contributed by atoms with Crippen molar-refractivity contribution in [3.05, 3.63) is 106 Å². The van der Waals surface area contributed by atoms with Crippen LogP contribution in [0.4, 0.5) is 4.39 Å². The minimum Gasteiger partial charge on any atom is -0.488 e. The van der Waals surface area contributed by atoms with Gasteiger partial charge in [-0.15, -0.1) is 0 Å². The van der Waals surface area contributed by atoms with Crippen LogP contribution in [0.1, 0.15) is 11.1 Å². The van der Waals surface area contributed by atoms with Crippen molar-refractivity contribution in [1.29, 1.82) is 0 Å². The Balaban J connectivity index is 1.45.